The minimum Gasteiger partial charge on any atom is -0.473 e. The molecule has 0 radical (unpaired) electrons. The van der Waals surface area contributed by atoms with E-state index < -0.39 is 14.0 Å². The fraction of sp³-hybridized carbons (Fsp3) is 0.632. The molecule has 8 nitrogen and oxygen atoms in total. The number of likely N-dealkylation sites (tertiary alicyclic amines) is 1. The summed E-state index contributed by atoms with van der Waals surface area (Å²) in [6.07, 6.45) is 5.30. The summed E-state index contributed by atoms with van der Waals surface area (Å²) >= 11 is 0. The molecule has 0 saturated carbocycles. The van der Waals surface area contributed by atoms with E-state index in [0.717, 1.165) is 32.0 Å². The molecular formula is C19H31N5O3Si. The molecular weight excluding hydrogens is 374 g/mol. The number of hydrogen-bond donors (Lipinski definition) is 1. The number of fused-ring (bicyclic) bond motifs is 1. The Labute approximate surface area is 167 Å². The van der Waals surface area contributed by atoms with Crippen molar-refractivity contribution < 1.29 is 14.3 Å². The van der Waals surface area contributed by atoms with Crippen LogP contribution in [-0.2, 0) is 11.5 Å². The Bertz CT molecular complexity index is 825. The van der Waals surface area contributed by atoms with Crippen LogP contribution in [0.5, 0.6) is 5.88 Å². The van der Waals surface area contributed by atoms with Gasteiger partial charge in [-0.1, -0.05) is 19.6 Å². The molecule has 9 heteroatoms. The number of piperidine rings is 1. The second-order valence-electron chi connectivity index (χ2n) is 8.73. The summed E-state index contributed by atoms with van der Waals surface area (Å²) in [4.78, 5) is 23.2. The van der Waals surface area contributed by atoms with Gasteiger partial charge in [0.2, 0.25) is 5.88 Å². The molecule has 0 unspecified atom stereocenters. The van der Waals surface area contributed by atoms with Gasteiger partial charge in [-0.15, -0.1) is 0 Å². The van der Waals surface area contributed by atoms with E-state index in [1.807, 2.05) is 0 Å². The minimum atomic E-state index is -1.15. The summed E-state index contributed by atoms with van der Waals surface area (Å²) < 4.78 is 13.6. The number of aromatic nitrogens is 3. The van der Waals surface area contributed by atoms with Gasteiger partial charge in [0.15, 0.2) is 5.65 Å². The highest BCUT2D eigenvalue weighted by molar-refractivity contribution is 6.76. The van der Waals surface area contributed by atoms with Crippen molar-refractivity contribution in [1.29, 1.82) is 0 Å². The van der Waals surface area contributed by atoms with Gasteiger partial charge in [-0.25, -0.2) is 9.97 Å². The lowest BCUT2D eigenvalue weighted by molar-refractivity contribution is 0.0894. The van der Waals surface area contributed by atoms with Crippen LogP contribution in [0.4, 0.5) is 0 Å². The van der Waals surface area contributed by atoms with Crippen LogP contribution in [0.25, 0.3) is 11.2 Å². The van der Waals surface area contributed by atoms with Crippen molar-refractivity contribution in [2.45, 2.75) is 51.4 Å². The number of rotatable bonds is 8. The molecule has 1 aliphatic rings. The Balaban J connectivity index is 1.74. The Morgan fingerprint density at radius 3 is 2.68 bits per heavy atom. The molecule has 0 spiro atoms. The second-order valence-corrected chi connectivity index (χ2v) is 14.3. The molecule has 0 atom stereocenters. The molecule has 3 rings (SSSR count). The summed E-state index contributed by atoms with van der Waals surface area (Å²) in [5, 5.41) is 0. The zero-order chi connectivity index (χ0) is 20.3. The van der Waals surface area contributed by atoms with Gasteiger partial charge < -0.3 is 24.7 Å². The number of nitrogens with two attached hydrogens (primary N) is 1. The van der Waals surface area contributed by atoms with E-state index in [1.165, 1.54) is 0 Å². The third-order valence-electron chi connectivity index (χ3n) is 4.99. The highest BCUT2D eigenvalue weighted by Crippen LogP contribution is 2.22. The average Bonchev–Trinajstić information content (AvgIpc) is 2.98. The van der Waals surface area contributed by atoms with Gasteiger partial charge in [-0.2, -0.15) is 0 Å². The zero-order valence-electron chi connectivity index (χ0n) is 17.3. The molecule has 1 aliphatic heterocycles. The van der Waals surface area contributed by atoms with Gasteiger partial charge in [0.1, 0.15) is 18.4 Å². The summed E-state index contributed by atoms with van der Waals surface area (Å²) in [5.74, 6) is -0.0986. The molecule has 3 heterocycles. The largest absolute Gasteiger partial charge is 0.473 e. The van der Waals surface area contributed by atoms with Crippen molar-refractivity contribution in [3.8, 4) is 5.88 Å². The lowest BCUT2D eigenvalue weighted by Crippen LogP contribution is -2.35. The number of ether oxygens (including phenoxy) is 2. The summed E-state index contributed by atoms with van der Waals surface area (Å²) in [6.45, 7) is 9.93. The van der Waals surface area contributed by atoms with Gasteiger partial charge in [-0.05, 0) is 25.9 Å². The number of carbonyl (C=O) groups is 1. The number of nitrogens with zero attached hydrogens (tertiary/aromatic N) is 4. The third-order valence-corrected chi connectivity index (χ3v) is 6.69. The van der Waals surface area contributed by atoms with Crippen LogP contribution in [0, 0.1) is 0 Å². The normalized spacial score (nSPS) is 16.6. The van der Waals surface area contributed by atoms with E-state index in [9.17, 15) is 4.79 Å². The average molecular weight is 406 g/mol. The molecule has 1 fully saturated rings. The van der Waals surface area contributed by atoms with E-state index in [1.54, 1.807) is 17.0 Å². The van der Waals surface area contributed by atoms with E-state index in [0.29, 0.717) is 35.9 Å². The molecule has 1 amide bonds. The number of primary amides is 1. The number of amides is 1. The molecule has 0 bridgehead atoms. The summed E-state index contributed by atoms with van der Waals surface area (Å²) in [5.41, 5.74) is 6.94. The van der Waals surface area contributed by atoms with Crippen molar-refractivity contribution in [1.82, 2.24) is 19.4 Å². The predicted octanol–water partition coefficient (Wildman–Crippen LogP) is 2.32. The van der Waals surface area contributed by atoms with E-state index in [-0.39, 0.29) is 6.10 Å². The fourth-order valence-corrected chi connectivity index (χ4v) is 3.94. The molecule has 2 aromatic heterocycles. The molecule has 0 aliphatic carbocycles. The smallest absolute Gasteiger partial charge is 0.252 e. The van der Waals surface area contributed by atoms with E-state index in [2.05, 4.69) is 41.6 Å². The van der Waals surface area contributed by atoms with Crippen molar-refractivity contribution >= 4 is 25.1 Å². The van der Waals surface area contributed by atoms with Crippen LogP contribution in [0.2, 0.25) is 25.7 Å². The molecule has 154 valence electrons. The zero-order valence-corrected chi connectivity index (χ0v) is 18.3. The SMILES string of the molecule is CN1CCC(Oc2cnc3c(n2)c(C(N)=O)cn3COCC[Si](C)(C)C)CC1. The number of hydrogen-bond acceptors (Lipinski definition) is 6. The molecule has 1 saturated heterocycles. The van der Waals surface area contributed by atoms with Gasteiger partial charge in [-0.3, -0.25) is 4.79 Å². The Hall–Kier alpha value is -1.97. The van der Waals surface area contributed by atoms with Crippen LogP contribution in [0.1, 0.15) is 23.2 Å². The first-order chi connectivity index (χ1) is 13.2. The van der Waals surface area contributed by atoms with E-state index in [4.69, 9.17) is 15.2 Å². The van der Waals surface area contributed by atoms with Crippen LogP contribution in [-0.4, -0.2) is 66.3 Å². The number of carbonyl (C=O) groups excluding carboxylic acids is 1. The first kappa shape index (κ1) is 20.8. The lowest BCUT2D eigenvalue weighted by Gasteiger charge is -2.28. The topological polar surface area (TPSA) is 95.5 Å². The standard InChI is InChI=1S/C19H31N5O3Si/c1-23-7-5-14(6-8-23)27-16-11-21-19-17(22-16)15(18(20)25)12-24(19)13-26-9-10-28(2,3)4/h11-12,14H,5-10,13H2,1-4H3,(H2,20,25). The fourth-order valence-electron chi connectivity index (χ4n) is 3.19. The van der Waals surface area contributed by atoms with Crippen LogP contribution >= 0.6 is 0 Å². The van der Waals surface area contributed by atoms with Gasteiger partial charge in [0.25, 0.3) is 5.91 Å². The Morgan fingerprint density at radius 2 is 2.04 bits per heavy atom. The van der Waals surface area contributed by atoms with Crippen molar-refractivity contribution in [2.24, 2.45) is 5.73 Å². The van der Waals surface area contributed by atoms with E-state index >= 15 is 0 Å². The van der Waals surface area contributed by atoms with Crippen LogP contribution in [0.3, 0.4) is 0 Å². The lowest BCUT2D eigenvalue weighted by atomic mass is 10.1. The highest BCUT2D eigenvalue weighted by Gasteiger charge is 2.21. The third kappa shape index (κ3) is 5.30. The molecule has 2 N–H and O–H groups in total. The second kappa shape index (κ2) is 8.58. The Morgan fingerprint density at radius 1 is 1.32 bits per heavy atom. The highest BCUT2D eigenvalue weighted by atomic mass is 28.3. The van der Waals surface area contributed by atoms with Crippen molar-refractivity contribution in [2.75, 3.05) is 26.7 Å². The maximum absolute atomic E-state index is 11.9. The molecule has 0 aromatic carbocycles. The van der Waals surface area contributed by atoms with Crippen molar-refractivity contribution in [3.05, 3.63) is 18.0 Å². The monoisotopic (exact) mass is 405 g/mol. The predicted molar refractivity (Wildman–Crippen MR) is 111 cm³/mol. The van der Waals surface area contributed by atoms with Crippen LogP contribution in [0.15, 0.2) is 12.4 Å². The summed E-state index contributed by atoms with van der Waals surface area (Å²) in [7, 11) is 0.956. The quantitative estimate of drug-likeness (QED) is 0.535. The van der Waals surface area contributed by atoms with Gasteiger partial charge in [0, 0.05) is 34.0 Å². The van der Waals surface area contributed by atoms with Crippen LogP contribution < -0.4 is 10.5 Å². The van der Waals surface area contributed by atoms with Crippen molar-refractivity contribution in [3.63, 3.8) is 0 Å². The van der Waals surface area contributed by atoms with Gasteiger partial charge in [0.05, 0.1) is 11.8 Å². The summed E-state index contributed by atoms with van der Waals surface area (Å²) in [6, 6.07) is 1.08. The molecule has 28 heavy (non-hydrogen) atoms. The maximum atomic E-state index is 11.9. The molecule has 2 aromatic rings. The van der Waals surface area contributed by atoms with Gasteiger partial charge >= 0.3 is 0 Å². The first-order valence-corrected chi connectivity index (χ1v) is 13.5. The first-order valence-electron chi connectivity index (χ1n) is 9.81. The minimum absolute atomic E-state index is 0.118. The Kier molecular flexibility index (Phi) is 6.36. The maximum Gasteiger partial charge on any atom is 0.252 e.